The van der Waals surface area contributed by atoms with Crippen LogP contribution in [0.15, 0.2) is 65.7 Å². The second-order valence-corrected chi connectivity index (χ2v) is 9.87. The molecule has 2 amide bonds. The molecule has 0 spiro atoms. The highest BCUT2D eigenvalue weighted by Gasteiger charge is 2.26. The Morgan fingerprint density at radius 1 is 0.976 bits per heavy atom. The molecule has 1 saturated carbocycles. The Kier molecular flexibility index (Phi) is 10.4. The predicted octanol–water partition coefficient (Wildman–Crippen LogP) is 3.44. The molecular weight excluding hydrogens is 536 g/mol. The molecule has 0 bridgehead atoms. The first kappa shape index (κ1) is 30.0. The van der Waals surface area contributed by atoms with Crippen molar-refractivity contribution in [2.75, 3.05) is 19.5 Å². The molecular formula is C30H34N8O4. The number of amides is 2. The zero-order chi connectivity index (χ0) is 29.9. The van der Waals surface area contributed by atoms with Crippen LogP contribution in [-0.4, -0.2) is 57.7 Å². The molecule has 0 aliphatic heterocycles. The fraction of sp³-hybridized carbons (Fsp3) is 0.333. The maximum atomic E-state index is 12.4. The lowest BCUT2D eigenvalue weighted by Gasteiger charge is -2.28. The van der Waals surface area contributed by atoms with Crippen LogP contribution in [0.1, 0.15) is 48.7 Å². The summed E-state index contributed by atoms with van der Waals surface area (Å²) in [6.07, 6.45) is 6.66. The molecule has 2 atom stereocenters. The number of aromatic nitrogens is 4. The fourth-order valence-corrected chi connectivity index (χ4v) is 4.75. The lowest BCUT2D eigenvalue weighted by Crippen LogP contribution is -2.22. The van der Waals surface area contributed by atoms with Gasteiger partial charge in [-0.2, -0.15) is 10.1 Å². The molecule has 12 heteroatoms. The van der Waals surface area contributed by atoms with Gasteiger partial charge in [0.2, 0.25) is 17.7 Å². The molecule has 0 aromatic carbocycles. The average molecular weight is 571 g/mol. The second-order valence-electron chi connectivity index (χ2n) is 9.87. The molecule has 1 aliphatic rings. The zero-order valence-electron chi connectivity index (χ0n) is 23.6. The van der Waals surface area contributed by atoms with E-state index in [0.717, 1.165) is 31.4 Å². The van der Waals surface area contributed by atoms with Crippen molar-refractivity contribution < 1.29 is 19.1 Å². The van der Waals surface area contributed by atoms with Crippen LogP contribution >= 0.6 is 0 Å². The van der Waals surface area contributed by atoms with Gasteiger partial charge in [-0.25, -0.2) is 9.97 Å². The largest absolute Gasteiger partial charge is 0.481 e. The Labute approximate surface area is 244 Å². The van der Waals surface area contributed by atoms with Gasteiger partial charge in [-0.05, 0) is 55.7 Å². The Balaban J connectivity index is 1.28. The Morgan fingerprint density at radius 3 is 2.31 bits per heavy atom. The summed E-state index contributed by atoms with van der Waals surface area (Å²) in [6, 6.07) is 14.0. The summed E-state index contributed by atoms with van der Waals surface area (Å²) in [5.74, 6) is 0.730. The number of nitrogens with two attached hydrogens (primary N) is 1. The van der Waals surface area contributed by atoms with Crippen LogP contribution in [0.2, 0.25) is 0 Å². The minimum absolute atomic E-state index is 0.00351. The van der Waals surface area contributed by atoms with Crippen molar-refractivity contribution in [3.05, 3.63) is 77.8 Å². The van der Waals surface area contributed by atoms with Crippen LogP contribution < -0.4 is 20.5 Å². The third-order valence-corrected chi connectivity index (χ3v) is 6.83. The van der Waals surface area contributed by atoms with E-state index in [4.69, 9.17) is 20.6 Å². The minimum atomic E-state index is -0.433. The highest BCUT2D eigenvalue weighted by atomic mass is 16.5. The SMILES string of the molecule is COc1cccc(CC(=O)N=C(N)/C=C\C(=N)[C@H]2CCC[C@H](c3ccc(NC(=O)Cc4cccc(OC)n4)nn3)C2)n1. The van der Waals surface area contributed by atoms with E-state index in [0.29, 0.717) is 34.7 Å². The van der Waals surface area contributed by atoms with Crippen molar-refractivity contribution in [1.29, 1.82) is 5.41 Å². The Bertz CT molecular complexity index is 1470. The first-order valence-corrected chi connectivity index (χ1v) is 13.6. The molecule has 3 aromatic heterocycles. The van der Waals surface area contributed by atoms with Crippen molar-refractivity contribution in [3.8, 4) is 11.8 Å². The molecule has 0 radical (unpaired) electrons. The highest BCUT2D eigenvalue weighted by molar-refractivity contribution is 6.05. The average Bonchev–Trinajstić information content (AvgIpc) is 3.00. The predicted molar refractivity (Wildman–Crippen MR) is 158 cm³/mol. The quantitative estimate of drug-likeness (QED) is 0.230. The van der Waals surface area contributed by atoms with E-state index in [9.17, 15) is 9.59 Å². The number of carbonyl (C=O) groups is 2. The van der Waals surface area contributed by atoms with Gasteiger partial charge in [-0.1, -0.05) is 18.6 Å². The number of nitrogens with zero attached hydrogens (tertiary/aromatic N) is 5. The molecule has 12 nitrogen and oxygen atoms in total. The number of anilines is 1. The molecule has 1 fully saturated rings. The molecule has 218 valence electrons. The number of carbonyl (C=O) groups excluding carboxylic acids is 2. The van der Waals surface area contributed by atoms with Gasteiger partial charge in [0.25, 0.3) is 5.91 Å². The fourth-order valence-electron chi connectivity index (χ4n) is 4.75. The third-order valence-electron chi connectivity index (χ3n) is 6.83. The number of ether oxygens (including phenoxy) is 2. The molecule has 4 N–H and O–H groups in total. The number of hydrogen-bond acceptors (Lipinski definition) is 9. The van der Waals surface area contributed by atoms with E-state index in [1.165, 1.54) is 20.3 Å². The minimum Gasteiger partial charge on any atom is -0.481 e. The van der Waals surface area contributed by atoms with Gasteiger partial charge < -0.3 is 25.9 Å². The van der Waals surface area contributed by atoms with E-state index >= 15 is 0 Å². The van der Waals surface area contributed by atoms with Gasteiger partial charge in [0.1, 0.15) is 5.84 Å². The van der Waals surface area contributed by atoms with Gasteiger partial charge >= 0.3 is 0 Å². The monoisotopic (exact) mass is 570 g/mol. The molecule has 3 heterocycles. The molecule has 0 unspecified atom stereocenters. The number of hydrogen-bond donors (Lipinski definition) is 3. The van der Waals surface area contributed by atoms with Gasteiger partial charge in [-0.15, -0.1) is 5.10 Å². The molecule has 3 aromatic rings. The summed E-state index contributed by atoms with van der Waals surface area (Å²) >= 11 is 0. The molecule has 4 rings (SSSR count). The van der Waals surface area contributed by atoms with E-state index < -0.39 is 5.91 Å². The van der Waals surface area contributed by atoms with Crippen molar-refractivity contribution >= 4 is 29.2 Å². The first-order valence-electron chi connectivity index (χ1n) is 13.6. The van der Waals surface area contributed by atoms with Gasteiger partial charge in [0.05, 0.1) is 44.1 Å². The standard InChI is InChI=1S/C30H34N8O4/c1-41-29-10-4-8-21(33-29)17-27(39)35-25(32)14-12-23(31)19-6-3-7-20(16-19)24-13-15-26(38-37-24)36-28(40)18-22-9-5-11-30(34-22)42-2/h4-5,8-15,19-20,31H,3,6-7,16-18H2,1-2H3,(H2,32,35,39)(H,36,38,40)/b14-12-,31-23?/t19-,20-/m0/s1. The van der Waals surface area contributed by atoms with E-state index in [1.807, 2.05) is 6.07 Å². The number of allylic oxidation sites excluding steroid dienone is 1. The maximum absolute atomic E-state index is 12.4. The molecule has 0 saturated heterocycles. The summed E-state index contributed by atoms with van der Waals surface area (Å²) in [5.41, 5.74) is 8.29. The molecule has 42 heavy (non-hydrogen) atoms. The lowest BCUT2D eigenvalue weighted by molar-refractivity contribution is -0.117. The van der Waals surface area contributed by atoms with Crippen molar-refractivity contribution in [2.24, 2.45) is 16.6 Å². The second kappa shape index (κ2) is 14.6. The van der Waals surface area contributed by atoms with Gasteiger partial charge in [-0.3, -0.25) is 9.59 Å². The number of aliphatic imine (C=N–C) groups is 1. The van der Waals surface area contributed by atoms with Crippen LogP contribution in [0.4, 0.5) is 5.82 Å². The van der Waals surface area contributed by atoms with E-state index in [1.54, 1.807) is 48.5 Å². The summed E-state index contributed by atoms with van der Waals surface area (Å²) < 4.78 is 10.2. The van der Waals surface area contributed by atoms with Crippen LogP contribution in [0.25, 0.3) is 0 Å². The third kappa shape index (κ3) is 8.75. The Hall–Kier alpha value is -5.00. The lowest BCUT2D eigenvalue weighted by atomic mass is 9.77. The summed E-state index contributed by atoms with van der Waals surface area (Å²) in [4.78, 5) is 37.1. The first-order chi connectivity index (χ1) is 20.3. The van der Waals surface area contributed by atoms with Gasteiger partial charge in [0.15, 0.2) is 5.82 Å². The summed E-state index contributed by atoms with van der Waals surface area (Å²) in [6.45, 7) is 0. The maximum Gasteiger partial charge on any atom is 0.253 e. The molecule has 1 aliphatic carbocycles. The smallest absolute Gasteiger partial charge is 0.253 e. The topological polar surface area (TPSA) is 178 Å². The summed E-state index contributed by atoms with van der Waals surface area (Å²) in [5, 5.41) is 19.9. The van der Waals surface area contributed by atoms with Crippen LogP contribution in [0, 0.1) is 11.3 Å². The van der Waals surface area contributed by atoms with Crippen molar-refractivity contribution in [1.82, 2.24) is 20.2 Å². The van der Waals surface area contributed by atoms with E-state index in [2.05, 4.69) is 30.5 Å². The van der Waals surface area contributed by atoms with Crippen LogP contribution in [0.5, 0.6) is 11.8 Å². The highest BCUT2D eigenvalue weighted by Crippen LogP contribution is 2.36. The van der Waals surface area contributed by atoms with E-state index in [-0.39, 0.29) is 36.4 Å². The number of rotatable bonds is 11. The number of pyridine rings is 2. The zero-order valence-corrected chi connectivity index (χ0v) is 23.6. The number of amidine groups is 1. The normalized spacial score (nSPS) is 17.0. The van der Waals surface area contributed by atoms with Crippen molar-refractivity contribution in [3.63, 3.8) is 0 Å². The van der Waals surface area contributed by atoms with Crippen molar-refractivity contribution in [2.45, 2.75) is 44.4 Å². The van der Waals surface area contributed by atoms with Crippen LogP contribution in [0.3, 0.4) is 0 Å². The number of nitrogens with one attached hydrogen (secondary N) is 2. The number of methoxy groups -OCH3 is 2. The summed E-state index contributed by atoms with van der Waals surface area (Å²) in [7, 11) is 3.03. The van der Waals surface area contributed by atoms with Gasteiger partial charge in [0, 0.05) is 29.7 Å². The van der Waals surface area contributed by atoms with Crippen LogP contribution in [-0.2, 0) is 22.4 Å². The Morgan fingerprint density at radius 2 is 1.67 bits per heavy atom.